The van der Waals surface area contributed by atoms with Crippen molar-refractivity contribution in [1.29, 1.82) is 0 Å². The van der Waals surface area contributed by atoms with E-state index in [1.165, 1.54) is 38.3 Å². The summed E-state index contributed by atoms with van der Waals surface area (Å²) >= 11 is 0. The van der Waals surface area contributed by atoms with Gasteiger partial charge in [0.05, 0.1) is 35.7 Å². The first-order valence-corrected chi connectivity index (χ1v) is 8.75. The highest BCUT2D eigenvalue weighted by atomic mass is 19.4. The minimum absolute atomic E-state index is 0.190. The molecule has 0 fully saturated rings. The van der Waals surface area contributed by atoms with Crippen LogP contribution in [0.3, 0.4) is 0 Å². The molecule has 1 aromatic carbocycles. The normalized spacial score (nSPS) is 19.6. The topological polar surface area (TPSA) is 61.2 Å². The van der Waals surface area contributed by atoms with Crippen molar-refractivity contribution in [3.05, 3.63) is 53.3 Å². The van der Waals surface area contributed by atoms with E-state index in [0.717, 1.165) is 10.8 Å². The second-order valence-corrected chi connectivity index (χ2v) is 6.61. The molecular weight excluding hydrogens is 373 g/mol. The number of hydrogen-bond acceptors (Lipinski definition) is 4. The lowest BCUT2D eigenvalue weighted by atomic mass is 9.81. The Balaban J connectivity index is 2.16. The Kier molecular flexibility index (Phi) is 5.14. The molecule has 0 radical (unpaired) electrons. The van der Waals surface area contributed by atoms with Crippen LogP contribution in [0.1, 0.15) is 34.7 Å². The van der Waals surface area contributed by atoms with Crippen molar-refractivity contribution in [1.82, 2.24) is 9.78 Å². The number of carbonyl (C=O) groups excluding carboxylic acids is 2. The van der Waals surface area contributed by atoms with Crippen molar-refractivity contribution in [2.45, 2.75) is 26.4 Å². The highest BCUT2D eigenvalue weighted by Gasteiger charge is 2.48. The molecule has 3 rings (SSSR count). The van der Waals surface area contributed by atoms with Crippen molar-refractivity contribution >= 4 is 22.8 Å². The maximum atomic E-state index is 13.5. The van der Waals surface area contributed by atoms with Gasteiger partial charge in [0.25, 0.3) is 5.91 Å². The van der Waals surface area contributed by atoms with Crippen LogP contribution in [0.5, 0.6) is 0 Å². The fourth-order valence-corrected chi connectivity index (χ4v) is 3.46. The maximum absolute atomic E-state index is 13.5. The van der Waals surface area contributed by atoms with E-state index in [2.05, 4.69) is 5.10 Å². The molecule has 1 aromatic heterocycles. The second-order valence-electron chi connectivity index (χ2n) is 6.61. The third-order valence-corrected chi connectivity index (χ3v) is 4.89. The van der Waals surface area contributed by atoms with Gasteiger partial charge >= 0.3 is 12.1 Å². The van der Waals surface area contributed by atoms with Gasteiger partial charge in [-0.2, -0.15) is 23.0 Å². The number of alkyl halides is 3. The summed E-state index contributed by atoms with van der Waals surface area (Å²) in [7, 11) is 1.23. The number of ether oxygens (including phenoxy) is 1. The van der Waals surface area contributed by atoms with E-state index in [1.54, 1.807) is 6.07 Å². The molecule has 8 heteroatoms. The number of nitrogens with zero attached hydrogens (tertiary/aromatic N) is 2. The summed E-state index contributed by atoms with van der Waals surface area (Å²) < 4.78 is 46.2. The largest absolute Gasteiger partial charge is 0.465 e. The van der Waals surface area contributed by atoms with E-state index in [4.69, 9.17) is 4.74 Å². The van der Waals surface area contributed by atoms with E-state index in [0.29, 0.717) is 23.1 Å². The van der Waals surface area contributed by atoms with Crippen molar-refractivity contribution in [3.8, 4) is 0 Å². The standard InChI is InChI=1S/C20H19F3N2O3/c1-4-15-13-9-8-12(19(27)28-3)10-16(13)25(24-15)18(26)17-11(2)6-5-7-14(17)20(21,22)23/h5-10,14,17H,4H2,1-3H3. The van der Waals surface area contributed by atoms with Gasteiger partial charge in [0, 0.05) is 5.39 Å². The summed E-state index contributed by atoms with van der Waals surface area (Å²) in [6, 6.07) is 4.59. The van der Waals surface area contributed by atoms with Crippen molar-refractivity contribution in [2.75, 3.05) is 7.11 Å². The summed E-state index contributed by atoms with van der Waals surface area (Å²) in [6.45, 7) is 3.33. The third kappa shape index (κ3) is 3.34. The van der Waals surface area contributed by atoms with Gasteiger partial charge in [-0.15, -0.1) is 0 Å². The lowest BCUT2D eigenvalue weighted by molar-refractivity contribution is -0.168. The molecule has 28 heavy (non-hydrogen) atoms. The number of methoxy groups -OCH3 is 1. The lowest BCUT2D eigenvalue weighted by Crippen LogP contribution is -2.38. The predicted octanol–water partition coefficient (Wildman–Crippen LogP) is 4.34. The predicted molar refractivity (Wildman–Crippen MR) is 97.0 cm³/mol. The van der Waals surface area contributed by atoms with Crippen LogP contribution < -0.4 is 0 Å². The minimum Gasteiger partial charge on any atom is -0.465 e. The zero-order valence-electron chi connectivity index (χ0n) is 15.6. The molecule has 148 valence electrons. The zero-order chi connectivity index (χ0) is 20.6. The Labute approximate surface area is 159 Å². The van der Waals surface area contributed by atoms with Crippen LogP contribution in [0, 0.1) is 11.8 Å². The molecule has 1 heterocycles. The van der Waals surface area contributed by atoms with Gasteiger partial charge in [0.2, 0.25) is 0 Å². The number of carbonyl (C=O) groups is 2. The zero-order valence-corrected chi connectivity index (χ0v) is 15.6. The fourth-order valence-electron chi connectivity index (χ4n) is 3.46. The van der Waals surface area contributed by atoms with Crippen LogP contribution >= 0.6 is 0 Å². The molecule has 2 aromatic rings. The quantitative estimate of drug-likeness (QED) is 0.730. The van der Waals surface area contributed by atoms with Crippen LogP contribution in [0.15, 0.2) is 42.0 Å². The van der Waals surface area contributed by atoms with Crippen LogP contribution in [0.25, 0.3) is 10.9 Å². The first kappa shape index (κ1) is 19.9. The van der Waals surface area contributed by atoms with Gasteiger partial charge in [-0.25, -0.2) is 4.79 Å². The summed E-state index contributed by atoms with van der Waals surface area (Å²) in [6.07, 6.45) is -0.291. The number of aryl methyl sites for hydroxylation is 1. The number of esters is 1. The average Bonchev–Trinajstić information content (AvgIpc) is 3.03. The summed E-state index contributed by atoms with van der Waals surface area (Å²) in [4.78, 5) is 25.0. The van der Waals surface area contributed by atoms with E-state index in [1.807, 2.05) is 6.92 Å². The van der Waals surface area contributed by atoms with Gasteiger partial charge in [0.15, 0.2) is 0 Å². The van der Waals surface area contributed by atoms with E-state index < -0.39 is 29.9 Å². The Morgan fingerprint density at radius 2 is 2.00 bits per heavy atom. The lowest BCUT2D eigenvalue weighted by Gasteiger charge is -2.28. The monoisotopic (exact) mass is 392 g/mol. The molecule has 0 amide bonds. The number of aromatic nitrogens is 2. The molecule has 2 atom stereocenters. The maximum Gasteiger partial charge on any atom is 0.396 e. The average molecular weight is 392 g/mol. The van der Waals surface area contributed by atoms with Gasteiger partial charge < -0.3 is 4.74 Å². The van der Waals surface area contributed by atoms with Gasteiger partial charge in [-0.3, -0.25) is 4.79 Å². The van der Waals surface area contributed by atoms with Gasteiger partial charge in [-0.05, 0) is 25.5 Å². The summed E-state index contributed by atoms with van der Waals surface area (Å²) in [5.74, 6) is -4.74. The Bertz CT molecular complexity index is 1000. The molecule has 0 N–H and O–H groups in total. The SMILES string of the molecule is CCc1nn(C(=O)C2C(C)=CC=CC2C(F)(F)F)c2cc(C(=O)OC)ccc12. The van der Waals surface area contributed by atoms with Crippen LogP contribution in [-0.4, -0.2) is 34.9 Å². The van der Waals surface area contributed by atoms with Crippen LogP contribution in [0.2, 0.25) is 0 Å². The molecular formula is C20H19F3N2O3. The highest BCUT2D eigenvalue weighted by molar-refractivity contribution is 5.99. The number of rotatable bonds is 3. The number of hydrogen-bond donors (Lipinski definition) is 0. The molecule has 0 bridgehead atoms. The molecule has 2 unspecified atom stereocenters. The molecule has 1 aliphatic carbocycles. The fraction of sp³-hybridized carbons (Fsp3) is 0.350. The van der Waals surface area contributed by atoms with Crippen LogP contribution in [0.4, 0.5) is 13.2 Å². The second kappa shape index (κ2) is 7.26. The Morgan fingerprint density at radius 3 is 2.61 bits per heavy atom. The minimum atomic E-state index is -4.57. The van der Waals surface area contributed by atoms with Crippen LogP contribution in [-0.2, 0) is 11.2 Å². The Morgan fingerprint density at radius 1 is 1.29 bits per heavy atom. The van der Waals surface area contributed by atoms with E-state index >= 15 is 0 Å². The molecule has 1 aliphatic rings. The van der Waals surface area contributed by atoms with E-state index in [9.17, 15) is 22.8 Å². The molecule has 5 nitrogen and oxygen atoms in total. The van der Waals surface area contributed by atoms with Crippen molar-refractivity contribution in [3.63, 3.8) is 0 Å². The number of benzene rings is 1. The first-order valence-electron chi connectivity index (χ1n) is 8.75. The number of fused-ring (bicyclic) bond motifs is 1. The Hall–Kier alpha value is -2.90. The van der Waals surface area contributed by atoms with Gasteiger partial charge in [-0.1, -0.05) is 36.8 Å². The molecule has 0 aliphatic heterocycles. The molecule has 0 saturated carbocycles. The van der Waals surface area contributed by atoms with Crippen molar-refractivity contribution < 1.29 is 27.5 Å². The molecule has 0 spiro atoms. The smallest absolute Gasteiger partial charge is 0.396 e. The van der Waals surface area contributed by atoms with E-state index in [-0.39, 0.29) is 11.1 Å². The third-order valence-electron chi connectivity index (χ3n) is 4.89. The number of allylic oxidation sites excluding steroid dienone is 4. The van der Waals surface area contributed by atoms with Gasteiger partial charge in [0.1, 0.15) is 0 Å². The van der Waals surface area contributed by atoms with Crippen molar-refractivity contribution in [2.24, 2.45) is 11.8 Å². The highest BCUT2D eigenvalue weighted by Crippen LogP contribution is 2.40. The number of halogens is 3. The first-order chi connectivity index (χ1) is 13.2. The summed E-state index contributed by atoms with van der Waals surface area (Å²) in [5.41, 5.74) is 1.35. The molecule has 0 saturated heterocycles. The summed E-state index contributed by atoms with van der Waals surface area (Å²) in [5, 5.41) is 4.87.